The number of rotatable bonds is 2. The van der Waals surface area contributed by atoms with Crippen molar-refractivity contribution < 1.29 is 5.11 Å². The highest BCUT2D eigenvalue weighted by molar-refractivity contribution is 9.08. The standard InChI is InChI=1S/C10H9BrOS2/c1-13-9-7(5-11)3-2-6-4-8(12)14-10(6)9/h2-4,12H,5H2,1H3. The van der Waals surface area contributed by atoms with Gasteiger partial charge in [-0.15, -0.1) is 11.8 Å². The Morgan fingerprint density at radius 2 is 2.29 bits per heavy atom. The Balaban J connectivity index is 2.75. The first-order chi connectivity index (χ1) is 6.76. The summed E-state index contributed by atoms with van der Waals surface area (Å²) in [5, 5.41) is 11.8. The van der Waals surface area contributed by atoms with E-state index in [1.54, 1.807) is 11.8 Å². The number of aromatic hydroxyl groups is 1. The number of alkyl halides is 1. The van der Waals surface area contributed by atoms with Crippen LogP contribution in [0, 0.1) is 0 Å². The van der Waals surface area contributed by atoms with Crippen molar-refractivity contribution in [1.82, 2.24) is 0 Å². The van der Waals surface area contributed by atoms with E-state index in [0.29, 0.717) is 5.06 Å². The molecule has 2 aromatic rings. The van der Waals surface area contributed by atoms with Crippen molar-refractivity contribution in [2.75, 3.05) is 6.26 Å². The lowest BCUT2D eigenvalue weighted by atomic mass is 10.2. The summed E-state index contributed by atoms with van der Waals surface area (Å²) in [6, 6.07) is 5.98. The summed E-state index contributed by atoms with van der Waals surface area (Å²) in [5.41, 5.74) is 1.28. The molecular formula is C10H9BrOS2. The van der Waals surface area contributed by atoms with E-state index in [4.69, 9.17) is 0 Å². The summed E-state index contributed by atoms with van der Waals surface area (Å²) >= 11 is 6.65. The second-order valence-corrected chi connectivity index (χ2v) is 5.30. The van der Waals surface area contributed by atoms with Gasteiger partial charge in [-0.1, -0.05) is 39.4 Å². The predicted octanol–water partition coefficient (Wildman–Crippen LogP) is 4.22. The van der Waals surface area contributed by atoms with Gasteiger partial charge < -0.3 is 5.11 Å². The van der Waals surface area contributed by atoms with Gasteiger partial charge in [-0.05, 0) is 23.3 Å². The first-order valence-corrected chi connectivity index (χ1v) is 7.27. The third kappa shape index (κ3) is 1.66. The number of hydrogen-bond acceptors (Lipinski definition) is 3. The summed E-state index contributed by atoms with van der Waals surface area (Å²) in [5.74, 6) is 0. The van der Waals surface area contributed by atoms with Crippen molar-refractivity contribution in [1.29, 1.82) is 0 Å². The molecular weight excluding hydrogens is 280 g/mol. The highest BCUT2D eigenvalue weighted by Gasteiger charge is 2.09. The maximum atomic E-state index is 9.44. The van der Waals surface area contributed by atoms with Crippen LogP contribution in [0.25, 0.3) is 10.1 Å². The lowest BCUT2D eigenvalue weighted by Crippen LogP contribution is -1.81. The zero-order valence-electron chi connectivity index (χ0n) is 7.58. The van der Waals surface area contributed by atoms with E-state index in [1.807, 2.05) is 6.07 Å². The molecule has 0 aliphatic carbocycles. The van der Waals surface area contributed by atoms with Crippen molar-refractivity contribution in [3.8, 4) is 5.06 Å². The first-order valence-electron chi connectivity index (χ1n) is 4.10. The van der Waals surface area contributed by atoms with Gasteiger partial charge in [-0.2, -0.15) is 0 Å². The van der Waals surface area contributed by atoms with Crippen molar-refractivity contribution in [3.05, 3.63) is 23.8 Å². The molecule has 1 aromatic carbocycles. The van der Waals surface area contributed by atoms with Crippen LogP contribution >= 0.6 is 39.0 Å². The van der Waals surface area contributed by atoms with Gasteiger partial charge in [0, 0.05) is 10.2 Å². The molecule has 0 unspecified atom stereocenters. The van der Waals surface area contributed by atoms with Crippen molar-refractivity contribution in [2.45, 2.75) is 10.2 Å². The average Bonchev–Trinajstić information content (AvgIpc) is 2.56. The molecule has 0 aliphatic rings. The summed E-state index contributed by atoms with van der Waals surface area (Å²) < 4.78 is 1.19. The molecule has 0 atom stereocenters. The SMILES string of the molecule is CSc1c(CBr)ccc2cc(O)sc12. The molecule has 0 saturated carbocycles. The molecule has 0 radical (unpaired) electrons. The highest BCUT2D eigenvalue weighted by atomic mass is 79.9. The van der Waals surface area contributed by atoms with Gasteiger partial charge in [0.15, 0.2) is 5.06 Å². The molecule has 1 heterocycles. The number of halogens is 1. The summed E-state index contributed by atoms with van der Waals surface area (Å²) in [7, 11) is 0. The Bertz CT molecular complexity index is 464. The molecule has 1 aromatic heterocycles. The minimum atomic E-state index is 0.391. The maximum absolute atomic E-state index is 9.44. The number of fused-ring (bicyclic) bond motifs is 1. The number of hydrogen-bond donors (Lipinski definition) is 1. The molecule has 0 bridgehead atoms. The van der Waals surface area contributed by atoms with Gasteiger partial charge in [-0.3, -0.25) is 0 Å². The molecule has 0 amide bonds. The van der Waals surface area contributed by atoms with Crippen LogP contribution in [-0.2, 0) is 5.33 Å². The van der Waals surface area contributed by atoms with Crippen molar-refractivity contribution >= 4 is 49.1 Å². The zero-order chi connectivity index (χ0) is 10.1. The molecule has 2 rings (SSSR count). The average molecular weight is 289 g/mol. The van der Waals surface area contributed by atoms with Crippen molar-refractivity contribution in [2.24, 2.45) is 0 Å². The monoisotopic (exact) mass is 288 g/mol. The second-order valence-electron chi connectivity index (χ2n) is 2.89. The minimum absolute atomic E-state index is 0.391. The van der Waals surface area contributed by atoms with Crippen LogP contribution in [0.1, 0.15) is 5.56 Å². The van der Waals surface area contributed by atoms with Crippen LogP contribution in [-0.4, -0.2) is 11.4 Å². The Morgan fingerprint density at radius 1 is 1.50 bits per heavy atom. The molecule has 74 valence electrons. The van der Waals surface area contributed by atoms with E-state index in [0.717, 1.165) is 10.7 Å². The molecule has 0 saturated heterocycles. The van der Waals surface area contributed by atoms with Crippen LogP contribution in [0.15, 0.2) is 23.1 Å². The normalized spacial score (nSPS) is 11.0. The van der Waals surface area contributed by atoms with Crippen molar-refractivity contribution in [3.63, 3.8) is 0 Å². The molecule has 14 heavy (non-hydrogen) atoms. The fourth-order valence-corrected chi connectivity index (χ4v) is 4.03. The minimum Gasteiger partial charge on any atom is -0.499 e. The lowest BCUT2D eigenvalue weighted by Gasteiger charge is -2.04. The van der Waals surface area contributed by atoms with Gasteiger partial charge >= 0.3 is 0 Å². The highest BCUT2D eigenvalue weighted by Crippen LogP contribution is 2.39. The van der Waals surface area contributed by atoms with E-state index in [1.165, 1.54) is 26.5 Å². The van der Waals surface area contributed by atoms with Crippen LogP contribution in [0.5, 0.6) is 5.06 Å². The molecule has 1 N–H and O–H groups in total. The maximum Gasteiger partial charge on any atom is 0.172 e. The molecule has 1 nitrogen and oxygen atoms in total. The van der Waals surface area contributed by atoms with E-state index >= 15 is 0 Å². The summed E-state index contributed by atoms with van der Waals surface area (Å²) in [6.07, 6.45) is 2.07. The van der Waals surface area contributed by atoms with E-state index < -0.39 is 0 Å². The number of thiophene rings is 1. The Morgan fingerprint density at radius 3 is 2.93 bits per heavy atom. The third-order valence-corrected chi connectivity index (χ3v) is 4.64. The largest absolute Gasteiger partial charge is 0.499 e. The Kier molecular flexibility index (Phi) is 3.04. The van der Waals surface area contributed by atoms with Gasteiger partial charge in [0.1, 0.15) is 0 Å². The second kappa shape index (κ2) is 4.13. The molecule has 0 fully saturated rings. The van der Waals surface area contributed by atoms with Crippen LogP contribution in [0.4, 0.5) is 0 Å². The number of benzene rings is 1. The first kappa shape index (κ1) is 10.3. The predicted molar refractivity (Wildman–Crippen MR) is 67.9 cm³/mol. The molecule has 4 heteroatoms. The van der Waals surface area contributed by atoms with E-state index in [2.05, 4.69) is 34.3 Å². The smallest absolute Gasteiger partial charge is 0.172 e. The Labute approximate surface area is 99.3 Å². The molecule has 0 aliphatic heterocycles. The quantitative estimate of drug-likeness (QED) is 0.659. The third-order valence-electron chi connectivity index (χ3n) is 2.06. The van der Waals surface area contributed by atoms with Crippen LogP contribution in [0.3, 0.4) is 0 Å². The molecule has 0 spiro atoms. The van der Waals surface area contributed by atoms with Crippen LogP contribution < -0.4 is 0 Å². The van der Waals surface area contributed by atoms with Gasteiger partial charge in [0.2, 0.25) is 0 Å². The van der Waals surface area contributed by atoms with E-state index in [9.17, 15) is 5.11 Å². The summed E-state index contributed by atoms with van der Waals surface area (Å²) in [4.78, 5) is 1.27. The summed E-state index contributed by atoms with van der Waals surface area (Å²) in [6.45, 7) is 0. The van der Waals surface area contributed by atoms with E-state index in [-0.39, 0.29) is 0 Å². The lowest BCUT2D eigenvalue weighted by molar-refractivity contribution is 0.491. The fraction of sp³-hybridized carbons (Fsp3) is 0.200. The van der Waals surface area contributed by atoms with Gasteiger partial charge in [0.05, 0.1) is 4.70 Å². The Hall–Kier alpha value is -0.190. The van der Waals surface area contributed by atoms with Gasteiger partial charge in [0.25, 0.3) is 0 Å². The van der Waals surface area contributed by atoms with Crippen LogP contribution in [0.2, 0.25) is 0 Å². The van der Waals surface area contributed by atoms with Gasteiger partial charge in [-0.25, -0.2) is 0 Å². The zero-order valence-corrected chi connectivity index (χ0v) is 10.8. The fourth-order valence-electron chi connectivity index (χ4n) is 1.43. The topological polar surface area (TPSA) is 20.2 Å². The number of thioether (sulfide) groups is 1.